The number of halogens is 1. The van der Waals surface area contributed by atoms with Crippen LogP contribution in [0.3, 0.4) is 0 Å². The predicted octanol–water partition coefficient (Wildman–Crippen LogP) is 3.94. The highest BCUT2D eigenvalue weighted by Gasteiger charge is 2.19. The molecule has 1 rings (SSSR count). The van der Waals surface area contributed by atoms with E-state index >= 15 is 0 Å². The van der Waals surface area contributed by atoms with Crippen molar-refractivity contribution in [1.29, 1.82) is 0 Å². The van der Waals surface area contributed by atoms with Gasteiger partial charge in [-0.3, -0.25) is 4.79 Å². The molecule has 0 amide bonds. The topological polar surface area (TPSA) is 37.3 Å². The van der Waals surface area contributed by atoms with E-state index in [9.17, 15) is 9.90 Å². The molecule has 0 aliphatic rings. The van der Waals surface area contributed by atoms with Crippen molar-refractivity contribution in [2.75, 3.05) is 0 Å². The van der Waals surface area contributed by atoms with Crippen LogP contribution in [0.25, 0.3) is 0 Å². The molecule has 1 N–H and O–H groups in total. The number of rotatable bonds is 5. The van der Waals surface area contributed by atoms with Crippen molar-refractivity contribution < 1.29 is 9.90 Å². The molecule has 1 unspecified atom stereocenters. The van der Waals surface area contributed by atoms with Gasteiger partial charge in [0.1, 0.15) is 0 Å². The van der Waals surface area contributed by atoms with E-state index in [2.05, 4.69) is 13.8 Å². The third kappa shape index (κ3) is 3.86. The molecule has 1 aromatic carbocycles. The molecule has 0 saturated heterocycles. The molecule has 16 heavy (non-hydrogen) atoms. The quantitative estimate of drug-likeness (QED) is 0.846. The summed E-state index contributed by atoms with van der Waals surface area (Å²) in [7, 11) is 0. The van der Waals surface area contributed by atoms with Gasteiger partial charge in [0.15, 0.2) is 0 Å². The summed E-state index contributed by atoms with van der Waals surface area (Å²) in [6.45, 7) is 4.19. The number of hydrogen-bond donors (Lipinski definition) is 1. The molecule has 0 radical (unpaired) electrons. The highest BCUT2D eigenvalue weighted by atomic mass is 35.5. The Morgan fingerprint density at radius 3 is 2.56 bits per heavy atom. The number of carboxylic acids is 1. The number of carboxylic acid groups (broad SMARTS) is 1. The fraction of sp³-hybridized carbons (Fsp3) is 0.462. The van der Waals surface area contributed by atoms with Gasteiger partial charge in [0, 0.05) is 5.02 Å². The van der Waals surface area contributed by atoms with Gasteiger partial charge in [-0.05, 0) is 36.5 Å². The second-order valence-corrected chi connectivity index (χ2v) is 4.85. The molecule has 1 atom stereocenters. The van der Waals surface area contributed by atoms with Crippen LogP contribution in [0.4, 0.5) is 0 Å². The minimum Gasteiger partial charge on any atom is -0.481 e. The molecular formula is C13H17ClO2. The van der Waals surface area contributed by atoms with Crippen molar-refractivity contribution in [2.45, 2.75) is 32.6 Å². The molecule has 3 heteroatoms. The smallest absolute Gasteiger partial charge is 0.310 e. The maximum atomic E-state index is 11.2. The van der Waals surface area contributed by atoms with Crippen LogP contribution in [0, 0.1) is 5.92 Å². The van der Waals surface area contributed by atoms with Gasteiger partial charge >= 0.3 is 5.97 Å². The van der Waals surface area contributed by atoms with Gasteiger partial charge in [-0.15, -0.1) is 0 Å². The SMILES string of the molecule is CC(C)CCC(C(=O)O)c1cccc(Cl)c1. The first-order valence-electron chi connectivity index (χ1n) is 5.49. The van der Waals surface area contributed by atoms with E-state index < -0.39 is 11.9 Å². The Labute approximate surface area is 101 Å². The van der Waals surface area contributed by atoms with E-state index in [0.29, 0.717) is 17.4 Å². The summed E-state index contributed by atoms with van der Waals surface area (Å²) < 4.78 is 0. The first-order chi connectivity index (χ1) is 7.50. The zero-order valence-corrected chi connectivity index (χ0v) is 10.4. The van der Waals surface area contributed by atoms with E-state index in [1.807, 2.05) is 6.07 Å². The largest absolute Gasteiger partial charge is 0.481 e. The molecular weight excluding hydrogens is 224 g/mol. The Bertz CT molecular complexity index is 361. The minimum atomic E-state index is -0.775. The number of benzene rings is 1. The lowest BCUT2D eigenvalue weighted by atomic mass is 9.91. The number of carbonyl (C=O) groups is 1. The standard InChI is InChI=1S/C13H17ClO2/c1-9(2)6-7-12(13(15)16)10-4-3-5-11(14)8-10/h3-5,8-9,12H,6-7H2,1-2H3,(H,15,16). The van der Waals surface area contributed by atoms with Gasteiger partial charge in [0.05, 0.1) is 5.92 Å². The van der Waals surface area contributed by atoms with Crippen LogP contribution in [0.2, 0.25) is 5.02 Å². The van der Waals surface area contributed by atoms with E-state index in [-0.39, 0.29) is 0 Å². The second-order valence-electron chi connectivity index (χ2n) is 4.42. The van der Waals surface area contributed by atoms with E-state index in [0.717, 1.165) is 12.0 Å². The molecule has 0 saturated carbocycles. The summed E-state index contributed by atoms with van der Waals surface area (Å²) in [5, 5.41) is 9.78. The molecule has 0 aliphatic heterocycles. The predicted molar refractivity (Wildman–Crippen MR) is 65.9 cm³/mol. The van der Waals surface area contributed by atoms with Gasteiger partial charge in [0.2, 0.25) is 0 Å². The highest BCUT2D eigenvalue weighted by molar-refractivity contribution is 6.30. The van der Waals surface area contributed by atoms with E-state index in [1.54, 1.807) is 18.2 Å². The van der Waals surface area contributed by atoms with Crippen molar-refractivity contribution in [1.82, 2.24) is 0 Å². The Hall–Kier alpha value is -1.02. The average molecular weight is 241 g/mol. The molecule has 0 spiro atoms. The summed E-state index contributed by atoms with van der Waals surface area (Å²) in [4.78, 5) is 11.2. The van der Waals surface area contributed by atoms with Gasteiger partial charge in [-0.25, -0.2) is 0 Å². The third-order valence-corrected chi connectivity index (χ3v) is 2.82. The molecule has 88 valence electrons. The van der Waals surface area contributed by atoms with Gasteiger partial charge in [-0.1, -0.05) is 37.6 Å². The summed E-state index contributed by atoms with van der Waals surface area (Å²) in [6.07, 6.45) is 1.57. The maximum Gasteiger partial charge on any atom is 0.310 e. The Morgan fingerprint density at radius 1 is 1.38 bits per heavy atom. The molecule has 0 fully saturated rings. The Kier molecular flexibility index (Phi) is 4.81. The lowest BCUT2D eigenvalue weighted by Gasteiger charge is -2.14. The van der Waals surface area contributed by atoms with Crippen LogP contribution in [0.5, 0.6) is 0 Å². The zero-order valence-electron chi connectivity index (χ0n) is 9.61. The fourth-order valence-electron chi connectivity index (χ4n) is 1.66. The second kappa shape index (κ2) is 5.90. The van der Waals surface area contributed by atoms with Crippen molar-refractivity contribution in [3.8, 4) is 0 Å². The molecule has 2 nitrogen and oxygen atoms in total. The summed E-state index contributed by atoms with van der Waals surface area (Å²) in [6, 6.07) is 7.11. The normalized spacial score (nSPS) is 12.8. The van der Waals surface area contributed by atoms with E-state index in [1.165, 1.54) is 0 Å². The highest BCUT2D eigenvalue weighted by Crippen LogP contribution is 2.25. The average Bonchev–Trinajstić information content (AvgIpc) is 2.17. The van der Waals surface area contributed by atoms with Crippen molar-refractivity contribution in [3.05, 3.63) is 34.9 Å². The summed E-state index contributed by atoms with van der Waals surface area (Å²) >= 11 is 5.86. The number of hydrogen-bond acceptors (Lipinski definition) is 1. The first kappa shape index (κ1) is 13.0. The van der Waals surface area contributed by atoms with Crippen LogP contribution < -0.4 is 0 Å². The molecule has 0 bridgehead atoms. The Morgan fingerprint density at radius 2 is 2.06 bits per heavy atom. The van der Waals surface area contributed by atoms with Crippen molar-refractivity contribution in [2.24, 2.45) is 5.92 Å². The first-order valence-corrected chi connectivity index (χ1v) is 5.86. The minimum absolute atomic E-state index is 0.443. The van der Waals surface area contributed by atoms with Crippen LogP contribution in [0.1, 0.15) is 38.2 Å². The Balaban J connectivity index is 2.81. The summed E-state index contributed by atoms with van der Waals surface area (Å²) in [5.41, 5.74) is 0.792. The van der Waals surface area contributed by atoms with Crippen molar-refractivity contribution in [3.63, 3.8) is 0 Å². The van der Waals surface area contributed by atoms with Crippen LogP contribution in [-0.2, 0) is 4.79 Å². The maximum absolute atomic E-state index is 11.2. The lowest BCUT2D eigenvalue weighted by molar-refractivity contribution is -0.139. The van der Waals surface area contributed by atoms with Crippen LogP contribution >= 0.6 is 11.6 Å². The lowest BCUT2D eigenvalue weighted by Crippen LogP contribution is -2.12. The zero-order chi connectivity index (χ0) is 12.1. The van der Waals surface area contributed by atoms with Crippen LogP contribution in [-0.4, -0.2) is 11.1 Å². The molecule has 1 aromatic rings. The van der Waals surface area contributed by atoms with Crippen molar-refractivity contribution >= 4 is 17.6 Å². The van der Waals surface area contributed by atoms with E-state index in [4.69, 9.17) is 11.6 Å². The molecule has 0 heterocycles. The van der Waals surface area contributed by atoms with Crippen LogP contribution in [0.15, 0.2) is 24.3 Å². The third-order valence-electron chi connectivity index (χ3n) is 2.58. The molecule has 0 aliphatic carbocycles. The van der Waals surface area contributed by atoms with Gasteiger partial charge in [-0.2, -0.15) is 0 Å². The number of aliphatic carboxylic acids is 1. The monoisotopic (exact) mass is 240 g/mol. The van der Waals surface area contributed by atoms with Gasteiger partial charge < -0.3 is 5.11 Å². The van der Waals surface area contributed by atoms with Gasteiger partial charge in [0.25, 0.3) is 0 Å². The summed E-state index contributed by atoms with van der Waals surface area (Å²) in [5.74, 6) is -0.704. The fourth-order valence-corrected chi connectivity index (χ4v) is 1.85. The molecule has 0 aromatic heterocycles.